The fraction of sp³-hybridized carbons (Fsp3) is 0.625. The summed E-state index contributed by atoms with van der Waals surface area (Å²) in [6.07, 6.45) is -4.37. The molecule has 0 amide bonds. The van der Waals surface area contributed by atoms with Gasteiger partial charge in [0.15, 0.2) is 0 Å². The van der Waals surface area contributed by atoms with Gasteiger partial charge in [0.1, 0.15) is 5.75 Å². The molecule has 1 saturated heterocycles. The molecule has 3 rings (SSSR count). The first-order chi connectivity index (χ1) is 18.4. The number of aliphatic hydroxyl groups is 2. The molecular formula is C32H48F3NO3Si. The number of aliphatic hydroxyl groups excluding tert-OH is 1. The van der Waals surface area contributed by atoms with Crippen molar-refractivity contribution in [3.8, 4) is 5.75 Å². The zero-order chi connectivity index (χ0) is 30.2. The number of rotatable bonds is 9. The third-order valence-corrected chi connectivity index (χ3v) is 15.2. The summed E-state index contributed by atoms with van der Waals surface area (Å²) in [6.45, 7) is 20.8. The smallest absolute Gasteiger partial charge is 0.416 e. The second kappa shape index (κ2) is 12.2. The van der Waals surface area contributed by atoms with Crippen LogP contribution in [0.4, 0.5) is 13.2 Å². The van der Waals surface area contributed by atoms with Crippen LogP contribution >= 0.6 is 0 Å². The molecule has 0 bridgehead atoms. The molecule has 0 radical (unpaired) electrons. The molecule has 4 nitrogen and oxygen atoms in total. The molecule has 1 heterocycles. The molecule has 2 aromatic carbocycles. The van der Waals surface area contributed by atoms with Gasteiger partial charge in [-0.05, 0) is 96.8 Å². The molecule has 2 aromatic rings. The van der Waals surface area contributed by atoms with Crippen molar-refractivity contribution in [3.63, 3.8) is 0 Å². The molecule has 8 heteroatoms. The first-order valence-electron chi connectivity index (χ1n) is 14.6. The molecular weight excluding hydrogens is 531 g/mol. The molecule has 1 aliphatic heterocycles. The summed E-state index contributed by atoms with van der Waals surface area (Å²) in [6, 6.07) is 8.68. The van der Waals surface area contributed by atoms with Gasteiger partial charge in [-0.3, -0.25) is 4.90 Å². The third kappa shape index (κ3) is 6.45. The maximum absolute atomic E-state index is 13.0. The number of halogens is 3. The molecule has 2 atom stereocenters. The number of benzene rings is 2. The van der Waals surface area contributed by atoms with Gasteiger partial charge in [-0.25, -0.2) is 0 Å². The van der Waals surface area contributed by atoms with Gasteiger partial charge in [0.2, 0.25) is 0 Å². The average Bonchev–Trinajstić information content (AvgIpc) is 2.86. The number of aryl methyl sites for hydroxylation is 2. The Bertz CT molecular complexity index is 1090. The van der Waals surface area contributed by atoms with Crippen molar-refractivity contribution >= 4 is 8.32 Å². The Morgan fingerprint density at radius 3 is 1.70 bits per heavy atom. The van der Waals surface area contributed by atoms with Gasteiger partial charge in [0.05, 0.1) is 17.3 Å². The van der Waals surface area contributed by atoms with Crippen molar-refractivity contribution < 1.29 is 27.8 Å². The Balaban J connectivity index is 1.74. The van der Waals surface area contributed by atoms with E-state index in [1.807, 2.05) is 19.1 Å². The van der Waals surface area contributed by atoms with Crippen LogP contribution in [0.25, 0.3) is 0 Å². The van der Waals surface area contributed by atoms with E-state index in [1.54, 1.807) is 0 Å². The predicted octanol–water partition coefficient (Wildman–Crippen LogP) is 8.28. The van der Waals surface area contributed by atoms with Gasteiger partial charge >= 0.3 is 6.18 Å². The zero-order valence-electron chi connectivity index (χ0n) is 25.6. The molecule has 40 heavy (non-hydrogen) atoms. The van der Waals surface area contributed by atoms with Crippen LogP contribution in [0.3, 0.4) is 0 Å². The highest BCUT2D eigenvalue weighted by atomic mass is 28.4. The van der Waals surface area contributed by atoms with Crippen molar-refractivity contribution in [3.05, 3.63) is 64.2 Å². The van der Waals surface area contributed by atoms with E-state index in [9.17, 15) is 23.4 Å². The molecule has 0 saturated carbocycles. The SMILES string of the molecule is Cc1cc([C@@H](O)[C@@H](C)N2CCC(O)(c3ccc(C(F)(F)F)cc3)CC2)cc(C)c1O[Si](C(C)C)(C(C)C)C(C)C. The van der Waals surface area contributed by atoms with E-state index in [4.69, 9.17) is 4.43 Å². The van der Waals surface area contributed by atoms with E-state index in [2.05, 4.69) is 60.3 Å². The predicted molar refractivity (Wildman–Crippen MR) is 158 cm³/mol. The van der Waals surface area contributed by atoms with Crippen LogP contribution < -0.4 is 4.43 Å². The molecule has 0 spiro atoms. The number of hydrogen-bond acceptors (Lipinski definition) is 4. The molecule has 0 unspecified atom stereocenters. The van der Waals surface area contributed by atoms with E-state index in [1.165, 1.54) is 12.1 Å². The lowest BCUT2D eigenvalue weighted by atomic mass is 9.83. The minimum atomic E-state index is -4.40. The van der Waals surface area contributed by atoms with Crippen LogP contribution in [0, 0.1) is 13.8 Å². The minimum absolute atomic E-state index is 0.196. The van der Waals surface area contributed by atoms with Gasteiger partial charge in [-0.1, -0.05) is 53.7 Å². The highest BCUT2D eigenvalue weighted by Gasteiger charge is 2.47. The number of alkyl halides is 3. The summed E-state index contributed by atoms with van der Waals surface area (Å²) in [4.78, 5) is 2.15. The van der Waals surface area contributed by atoms with Crippen LogP contribution in [-0.4, -0.2) is 42.6 Å². The maximum Gasteiger partial charge on any atom is 0.416 e. The Kier molecular flexibility index (Phi) is 9.92. The standard InChI is InChI=1S/C32H48F3NO3Si/c1-20(2)40(21(3)4,22(5)6)39-30-23(7)18-26(19-24(30)8)29(37)25(9)36-16-14-31(38,15-17-36)27-10-12-28(13-11-27)32(33,34)35/h10-13,18-22,25,29,37-38H,14-17H2,1-9H3/t25-,29+/m1/s1. The molecule has 2 N–H and O–H groups in total. The Labute approximate surface area is 239 Å². The van der Waals surface area contributed by atoms with E-state index in [0.717, 1.165) is 34.6 Å². The van der Waals surface area contributed by atoms with Crippen molar-refractivity contribution in [2.45, 2.75) is 116 Å². The average molecular weight is 580 g/mol. The van der Waals surface area contributed by atoms with Gasteiger partial charge in [0, 0.05) is 19.1 Å². The van der Waals surface area contributed by atoms with Crippen molar-refractivity contribution in [2.24, 2.45) is 0 Å². The normalized spacial score (nSPS) is 18.4. The third-order valence-electron chi connectivity index (χ3n) is 9.22. The van der Waals surface area contributed by atoms with Crippen LogP contribution in [0.1, 0.15) is 95.2 Å². The van der Waals surface area contributed by atoms with Crippen molar-refractivity contribution in [1.29, 1.82) is 0 Å². The molecule has 0 aromatic heterocycles. The molecule has 1 aliphatic rings. The van der Waals surface area contributed by atoms with Crippen LogP contribution in [0.5, 0.6) is 5.75 Å². The highest BCUT2D eigenvalue weighted by molar-refractivity contribution is 6.78. The first kappa shape index (κ1) is 32.6. The number of piperidine rings is 1. The van der Waals surface area contributed by atoms with E-state index < -0.39 is 31.8 Å². The van der Waals surface area contributed by atoms with Gasteiger partial charge < -0.3 is 14.6 Å². The topological polar surface area (TPSA) is 52.9 Å². The number of nitrogens with zero attached hydrogens (tertiary/aromatic N) is 1. The Morgan fingerprint density at radius 1 is 0.850 bits per heavy atom. The number of likely N-dealkylation sites (tertiary alicyclic amines) is 1. The second-order valence-corrected chi connectivity index (χ2v) is 18.1. The van der Waals surface area contributed by atoms with Crippen LogP contribution in [0.2, 0.25) is 16.6 Å². The monoisotopic (exact) mass is 579 g/mol. The van der Waals surface area contributed by atoms with E-state index >= 15 is 0 Å². The van der Waals surface area contributed by atoms with Gasteiger partial charge in [-0.2, -0.15) is 13.2 Å². The fourth-order valence-corrected chi connectivity index (χ4v) is 12.3. The second-order valence-electron chi connectivity index (χ2n) is 12.7. The fourth-order valence-electron chi connectivity index (χ4n) is 6.88. The zero-order valence-corrected chi connectivity index (χ0v) is 26.6. The van der Waals surface area contributed by atoms with Gasteiger partial charge in [0.25, 0.3) is 8.32 Å². The summed E-state index contributed by atoms with van der Waals surface area (Å²) in [5.41, 5.74) is 2.85. The van der Waals surface area contributed by atoms with E-state index in [0.29, 0.717) is 48.1 Å². The lowest BCUT2D eigenvalue weighted by Gasteiger charge is -2.43. The summed E-state index contributed by atoms with van der Waals surface area (Å²) < 4.78 is 45.9. The highest BCUT2D eigenvalue weighted by Crippen LogP contribution is 2.45. The first-order valence-corrected chi connectivity index (χ1v) is 16.7. The van der Waals surface area contributed by atoms with Crippen LogP contribution in [0.15, 0.2) is 36.4 Å². The van der Waals surface area contributed by atoms with Crippen molar-refractivity contribution in [2.75, 3.05) is 13.1 Å². The quantitative estimate of drug-likeness (QED) is 0.294. The Hall–Kier alpha value is -1.87. The van der Waals surface area contributed by atoms with Gasteiger partial charge in [-0.15, -0.1) is 0 Å². The Morgan fingerprint density at radius 2 is 1.30 bits per heavy atom. The minimum Gasteiger partial charge on any atom is -0.542 e. The summed E-state index contributed by atoms with van der Waals surface area (Å²) in [5.74, 6) is 0.936. The lowest BCUT2D eigenvalue weighted by Crippen LogP contribution is -2.51. The largest absolute Gasteiger partial charge is 0.542 e. The maximum atomic E-state index is 13.0. The molecule has 0 aliphatic carbocycles. The van der Waals surface area contributed by atoms with Crippen molar-refractivity contribution in [1.82, 2.24) is 4.90 Å². The molecule has 224 valence electrons. The summed E-state index contributed by atoms with van der Waals surface area (Å²) in [5, 5.41) is 22.6. The van der Waals surface area contributed by atoms with Crippen LogP contribution in [-0.2, 0) is 11.8 Å². The van der Waals surface area contributed by atoms with E-state index in [-0.39, 0.29) is 6.04 Å². The summed E-state index contributed by atoms with van der Waals surface area (Å²) in [7, 11) is -2.13. The molecule has 1 fully saturated rings. The number of hydrogen-bond donors (Lipinski definition) is 2. The lowest BCUT2D eigenvalue weighted by molar-refractivity contribution is -0.137. The summed E-state index contributed by atoms with van der Waals surface area (Å²) >= 11 is 0.